The van der Waals surface area contributed by atoms with Crippen molar-refractivity contribution in [2.24, 2.45) is 5.10 Å². The number of carbonyl (C=O) groups excluding carboxylic acids is 2. The van der Waals surface area contributed by atoms with Crippen molar-refractivity contribution in [1.29, 1.82) is 0 Å². The number of phenols is 1. The number of carbonyl (C=O) groups is 2. The Morgan fingerprint density at radius 2 is 1.82 bits per heavy atom. The van der Waals surface area contributed by atoms with Crippen molar-refractivity contribution in [3.05, 3.63) is 81.0 Å². The molecule has 1 heterocycles. The highest BCUT2D eigenvalue weighted by atomic mass is 35.5. The lowest BCUT2D eigenvalue weighted by atomic mass is 10.1. The van der Waals surface area contributed by atoms with Gasteiger partial charge in [0.2, 0.25) is 0 Å². The predicted molar refractivity (Wildman–Crippen MR) is 112 cm³/mol. The van der Waals surface area contributed by atoms with Gasteiger partial charge in [0, 0.05) is 10.7 Å². The van der Waals surface area contributed by atoms with Crippen molar-refractivity contribution in [2.45, 2.75) is 6.92 Å². The molecule has 0 fully saturated rings. The number of anilines is 1. The van der Waals surface area contributed by atoms with Gasteiger partial charge < -0.3 is 10.4 Å². The lowest BCUT2D eigenvalue weighted by Crippen LogP contribution is -2.19. The van der Waals surface area contributed by atoms with Crippen molar-refractivity contribution in [1.82, 2.24) is 5.43 Å². The van der Waals surface area contributed by atoms with Crippen LogP contribution < -0.4 is 10.7 Å². The number of benzene rings is 2. The monoisotopic (exact) mass is 413 g/mol. The maximum absolute atomic E-state index is 12.2. The number of phenolic OH excluding ortho intramolecular Hbond substituents is 1. The third-order valence-electron chi connectivity index (χ3n) is 3.83. The zero-order valence-electron chi connectivity index (χ0n) is 14.8. The van der Waals surface area contributed by atoms with Gasteiger partial charge in [-0.05, 0) is 54.3 Å². The van der Waals surface area contributed by atoms with E-state index in [4.69, 9.17) is 11.6 Å². The standard InChI is InChI=1S/C20H16ClN3O3S/c1-12(23-24-19(26)16-11-14(21)6-9-17(16)25)13-4-7-15(8-5-13)22-20(27)18-3-2-10-28-18/h2-11,25H,1H3,(H,22,27)(H,24,26). The Hall–Kier alpha value is -3.16. The molecule has 0 unspecified atom stereocenters. The lowest BCUT2D eigenvalue weighted by Gasteiger charge is -2.07. The third kappa shape index (κ3) is 4.76. The normalized spacial score (nSPS) is 11.1. The van der Waals surface area contributed by atoms with Gasteiger partial charge in [0.25, 0.3) is 11.8 Å². The summed E-state index contributed by atoms with van der Waals surface area (Å²) in [7, 11) is 0. The van der Waals surface area contributed by atoms with E-state index in [2.05, 4.69) is 15.8 Å². The second kappa shape index (κ2) is 8.69. The van der Waals surface area contributed by atoms with E-state index in [1.807, 2.05) is 11.4 Å². The number of hydrogen-bond acceptors (Lipinski definition) is 5. The quantitative estimate of drug-likeness (QED) is 0.424. The van der Waals surface area contributed by atoms with Crippen LogP contribution in [-0.2, 0) is 0 Å². The van der Waals surface area contributed by atoms with Crippen LogP contribution in [0.2, 0.25) is 5.02 Å². The number of halogens is 1. The average Bonchev–Trinajstić information content (AvgIpc) is 3.23. The molecule has 8 heteroatoms. The molecular formula is C20H16ClN3O3S. The number of aromatic hydroxyl groups is 1. The Kier molecular flexibility index (Phi) is 6.08. The average molecular weight is 414 g/mol. The molecule has 142 valence electrons. The fourth-order valence-electron chi connectivity index (χ4n) is 2.34. The Morgan fingerprint density at radius 1 is 1.07 bits per heavy atom. The molecule has 2 amide bonds. The van der Waals surface area contributed by atoms with Gasteiger partial charge in [-0.1, -0.05) is 29.8 Å². The Bertz CT molecular complexity index is 1030. The summed E-state index contributed by atoms with van der Waals surface area (Å²) in [5.74, 6) is -0.915. The van der Waals surface area contributed by atoms with Crippen molar-refractivity contribution in [3.8, 4) is 5.75 Å². The highest BCUT2D eigenvalue weighted by Crippen LogP contribution is 2.21. The molecule has 0 saturated carbocycles. The zero-order valence-corrected chi connectivity index (χ0v) is 16.3. The van der Waals surface area contributed by atoms with Crippen molar-refractivity contribution >= 4 is 46.2 Å². The van der Waals surface area contributed by atoms with Gasteiger partial charge >= 0.3 is 0 Å². The van der Waals surface area contributed by atoms with Gasteiger partial charge in [-0.2, -0.15) is 5.10 Å². The minimum atomic E-state index is -0.570. The van der Waals surface area contributed by atoms with E-state index in [0.717, 1.165) is 5.56 Å². The highest BCUT2D eigenvalue weighted by Gasteiger charge is 2.11. The molecule has 0 spiro atoms. The molecule has 0 aliphatic heterocycles. The maximum atomic E-state index is 12.2. The number of hydrogen-bond donors (Lipinski definition) is 3. The number of amides is 2. The largest absolute Gasteiger partial charge is 0.507 e. The van der Waals surface area contributed by atoms with Gasteiger partial charge in [-0.3, -0.25) is 9.59 Å². The fraction of sp³-hybridized carbons (Fsp3) is 0.0500. The first kappa shape index (κ1) is 19.6. The molecule has 3 aromatic rings. The summed E-state index contributed by atoms with van der Waals surface area (Å²) in [6, 6.07) is 14.8. The Labute approximate surface area is 170 Å². The molecule has 3 N–H and O–H groups in total. The van der Waals surface area contributed by atoms with Crippen molar-refractivity contribution < 1.29 is 14.7 Å². The molecule has 28 heavy (non-hydrogen) atoms. The van der Waals surface area contributed by atoms with Crippen LogP contribution in [0.1, 0.15) is 32.5 Å². The van der Waals surface area contributed by atoms with Crippen LogP contribution in [0, 0.1) is 0 Å². The summed E-state index contributed by atoms with van der Waals surface area (Å²) in [5, 5.41) is 18.8. The number of hydrazone groups is 1. The molecule has 2 aromatic carbocycles. The Balaban J connectivity index is 1.65. The van der Waals surface area contributed by atoms with Crippen LogP contribution in [0.5, 0.6) is 5.75 Å². The van der Waals surface area contributed by atoms with Gasteiger partial charge in [0.1, 0.15) is 5.75 Å². The fourth-order valence-corrected chi connectivity index (χ4v) is 3.14. The van der Waals surface area contributed by atoms with Crippen LogP contribution in [0.25, 0.3) is 0 Å². The summed E-state index contributed by atoms with van der Waals surface area (Å²) in [5.41, 5.74) is 4.42. The van der Waals surface area contributed by atoms with Crippen molar-refractivity contribution in [2.75, 3.05) is 5.32 Å². The van der Waals surface area contributed by atoms with Gasteiger partial charge in [-0.25, -0.2) is 5.43 Å². The first-order valence-electron chi connectivity index (χ1n) is 8.22. The number of rotatable bonds is 5. The van der Waals surface area contributed by atoms with E-state index < -0.39 is 5.91 Å². The molecule has 0 atom stereocenters. The molecule has 1 aromatic heterocycles. The Morgan fingerprint density at radius 3 is 2.50 bits per heavy atom. The van der Waals surface area contributed by atoms with Crippen LogP contribution >= 0.6 is 22.9 Å². The highest BCUT2D eigenvalue weighted by molar-refractivity contribution is 7.12. The van der Waals surface area contributed by atoms with Gasteiger partial charge in [0.05, 0.1) is 16.2 Å². The number of nitrogens with zero attached hydrogens (tertiary/aromatic N) is 1. The van der Waals surface area contributed by atoms with E-state index in [9.17, 15) is 14.7 Å². The molecule has 0 radical (unpaired) electrons. The number of nitrogens with one attached hydrogen (secondary N) is 2. The molecule has 0 bridgehead atoms. The first-order valence-corrected chi connectivity index (χ1v) is 9.48. The van der Waals surface area contributed by atoms with E-state index in [-0.39, 0.29) is 17.2 Å². The van der Waals surface area contributed by atoms with E-state index >= 15 is 0 Å². The second-order valence-electron chi connectivity index (χ2n) is 5.81. The molecular weight excluding hydrogens is 398 g/mol. The first-order chi connectivity index (χ1) is 13.4. The van der Waals surface area contributed by atoms with Crippen LogP contribution in [0.15, 0.2) is 65.1 Å². The lowest BCUT2D eigenvalue weighted by molar-refractivity contribution is 0.0951. The van der Waals surface area contributed by atoms with Crippen LogP contribution in [0.4, 0.5) is 5.69 Å². The SMILES string of the molecule is CC(=NNC(=O)c1cc(Cl)ccc1O)c1ccc(NC(=O)c2cccs2)cc1. The zero-order chi connectivity index (χ0) is 20.1. The smallest absolute Gasteiger partial charge is 0.275 e. The number of thiophene rings is 1. The van der Waals surface area contributed by atoms with E-state index in [1.165, 1.54) is 29.5 Å². The minimum Gasteiger partial charge on any atom is -0.507 e. The van der Waals surface area contributed by atoms with E-state index in [1.54, 1.807) is 37.3 Å². The second-order valence-corrected chi connectivity index (χ2v) is 7.19. The van der Waals surface area contributed by atoms with Gasteiger partial charge in [-0.15, -0.1) is 11.3 Å². The summed E-state index contributed by atoms with van der Waals surface area (Å²) in [4.78, 5) is 24.8. The summed E-state index contributed by atoms with van der Waals surface area (Å²) in [6.45, 7) is 1.73. The summed E-state index contributed by atoms with van der Waals surface area (Å²) < 4.78 is 0. The molecule has 3 rings (SSSR count). The molecule has 0 aliphatic rings. The summed E-state index contributed by atoms with van der Waals surface area (Å²) >= 11 is 7.22. The van der Waals surface area contributed by atoms with E-state index in [0.29, 0.717) is 21.3 Å². The maximum Gasteiger partial charge on any atom is 0.275 e. The minimum absolute atomic E-state index is 0.0377. The van der Waals surface area contributed by atoms with Crippen molar-refractivity contribution in [3.63, 3.8) is 0 Å². The molecule has 6 nitrogen and oxygen atoms in total. The summed E-state index contributed by atoms with van der Waals surface area (Å²) in [6.07, 6.45) is 0. The molecule has 0 aliphatic carbocycles. The van der Waals surface area contributed by atoms with Gasteiger partial charge in [0.15, 0.2) is 0 Å². The van der Waals surface area contributed by atoms with Crippen LogP contribution in [0.3, 0.4) is 0 Å². The molecule has 0 saturated heterocycles. The predicted octanol–water partition coefficient (Wildman–Crippen LogP) is 4.51. The van der Waals surface area contributed by atoms with Crippen LogP contribution in [-0.4, -0.2) is 22.6 Å². The topological polar surface area (TPSA) is 90.8 Å². The third-order valence-corrected chi connectivity index (χ3v) is 4.94.